The molecule has 0 radical (unpaired) electrons. The zero-order chi connectivity index (χ0) is 32.6. The van der Waals surface area contributed by atoms with Crippen molar-refractivity contribution in [2.45, 2.75) is 44.6 Å². The van der Waals surface area contributed by atoms with Gasteiger partial charge in [0.15, 0.2) is 0 Å². The second-order valence-corrected chi connectivity index (χ2v) is 11.8. The van der Waals surface area contributed by atoms with Gasteiger partial charge in [0, 0.05) is 37.3 Å². The molecule has 4 rings (SSSR count). The van der Waals surface area contributed by atoms with Gasteiger partial charge in [-0.15, -0.1) is 10.2 Å². The number of carbonyl (C=O) groups is 3. The van der Waals surface area contributed by atoms with E-state index in [-0.39, 0.29) is 24.6 Å². The number of hydrogen-bond donors (Lipinski definition) is 4. The number of unbranched alkanes of at least 4 members (excludes halogenated alkanes) is 1. The Hall–Kier alpha value is -4.59. The van der Waals surface area contributed by atoms with Gasteiger partial charge in [-0.3, -0.25) is 24.6 Å². The van der Waals surface area contributed by atoms with Gasteiger partial charge >= 0.3 is 5.97 Å². The Kier molecular flexibility index (Phi) is 13.7. The van der Waals surface area contributed by atoms with E-state index in [0.29, 0.717) is 49.0 Å². The maximum absolute atomic E-state index is 13.2. The smallest absolute Gasteiger partial charge is 0.308 e. The van der Waals surface area contributed by atoms with E-state index in [9.17, 15) is 14.4 Å². The van der Waals surface area contributed by atoms with Crippen molar-refractivity contribution in [2.24, 2.45) is 11.5 Å². The van der Waals surface area contributed by atoms with E-state index in [1.54, 1.807) is 36.4 Å². The first-order chi connectivity index (χ1) is 22.4. The highest BCUT2D eigenvalue weighted by Crippen LogP contribution is 2.23. The number of nitrogens with two attached hydrogens (primary N) is 2. The molecule has 0 aliphatic carbocycles. The number of rotatable bonds is 16. The van der Waals surface area contributed by atoms with Crippen molar-refractivity contribution in [1.29, 1.82) is 0 Å². The van der Waals surface area contributed by atoms with Crippen LogP contribution in [0.3, 0.4) is 0 Å². The van der Waals surface area contributed by atoms with Gasteiger partial charge in [0.25, 0.3) is 5.91 Å². The first-order valence-electron chi connectivity index (χ1n) is 15.3. The van der Waals surface area contributed by atoms with Crippen molar-refractivity contribution in [2.75, 3.05) is 38.2 Å². The van der Waals surface area contributed by atoms with E-state index in [4.69, 9.17) is 20.9 Å². The van der Waals surface area contributed by atoms with E-state index in [0.717, 1.165) is 36.5 Å². The van der Waals surface area contributed by atoms with Crippen molar-refractivity contribution in [3.8, 4) is 0 Å². The Bertz CT molecular complexity index is 1470. The van der Waals surface area contributed by atoms with Crippen LogP contribution in [0.15, 0.2) is 84.3 Å². The number of anilines is 1. The third-order valence-corrected chi connectivity index (χ3v) is 8.00. The van der Waals surface area contributed by atoms with Gasteiger partial charge in [-0.1, -0.05) is 72.0 Å². The quantitative estimate of drug-likeness (QED) is 0.103. The Morgan fingerprint density at radius 1 is 0.957 bits per heavy atom. The number of carbonyl (C=O) groups excluding carboxylic acids is 3. The monoisotopic (exact) mass is 647 g/mol. The molecule has 46 heavy (non-hydrogen) atoms. The van der Waals surface area contributed by atoms with Crippen molar-refractivity contribution in [3.63, 3.8) is 0 Å². The molecule has 244 valence electrons. The molecule has 3 aromatic rings. The summed E-state index contributed by atoms with van der Waals surface area (Å²) in [6.07, 6.45) is 5.48. The molecular formula is C33H41N7O5S. The molecule has 2 amide bonds. The molecule has 0 bridgehead atoms. The molecule has 1 fully saturated rings. The molecule has 1 atom stereocenters. The minimum atomic E-state index is -1.11. The van der Waals surface area contributed by atoms with Crippen LogP contribution in [0, 0.1) is 0 Å². The fourth-order valence-electron chi connectivity index (χ4n) is 4.66. The summed E-state index contributed by atoms with van der Waals surface area (Å²) < 4.78 is 11.0. The molecule has 0 saturated carbocycles. The number of aromatic nitrogens is 2. The average molecular weight is 648 g/mol. The molecule has 1 unspecified atom stereocenters. The molecule has 1 aliphatic rings. The Balaban J connectivity index is 1.20. The van der Waals surface area contributed by atoms with Crippen molar-refractivity contribution in [1.82, 2.24) is 20.4 Å². The summed E-state index contributed by atoms with van der Waals surface area (Å²) in [5, 5.41) is 14.8. The molecule has 1 aliphatic heterocycles. The van der Waals surface area contributed by atoms with Crippen LogP contribution in [0.5, 0.6) is 0 Å². The van der Waals surface area contributed by atoms with Crippen molar-refractivity contribution in [3.05, 3.63) is 100 Å². The summed E-state index contributed by atoms with van der Waals surface area (Å²) in [5.74, 6) is -0.914. The van der Waals surface area contributed by atoms with Crippen LogP contribution in [0.1, 0.15) is 47.9 Å². The van der Waals surface area contributed by atoms with E-state index < -0.39 is 18.0 Å². The highest BCUT2D eigenvalue weighted by molar-refractivity contribution is 7.15. The summed E-state index contributed by atoms with van der Waals surface area (Å²) in [7, 11) is 0. The van der Waals surface area contributed by atoms with Crippen LogP contribution in [-0.2, 0) is 36.7 Å². The van der Waals surface area contributed by atoms with E-state index in [1.165, 1.54) is 11.3 Å². The van der Waals surface area contributed by atoms with Crippen molar-refractivity contribution < 1.29 is 23.9 Å². The van der Waals surface area contributed by atoms with Gasteiger partial charge in [-0.05, 0) is 37.0 Å². The summed E-state index contributed by atoms with van der Waals surface area (Å²) in [6, 6.07) is 18.3. The molecule has 2 heterocycles. The average Bonchev–Trinajstić information content (AvgIpc) is 3.51. The number of nitrogens with zero attached hydrogens (tertiary/aromatic N) is 3. The minimum Gasteiger partial charge on any atom is -0.447 e. The molecule has 2 aromatic carbocycles. The van der Waals surface area contributed by atoms with Gasteiger partial charge in [-0.25, -0.2) is 0 Å². The summed E-state index contributed by atoms with van der Waals surface area (Å²) >= 11 is 1.28. The van der Waals surface area contributed by atoms with E-state index >= 15 is 0 Å². The zero-order valence-corrected chi connectivity index (χ0v) is 26.5. The molecular weight excluding hydrogens is 606 g/mol. The number of morpholine rings is 1. The first kappa shape index (κ1) is 34.3. The standard InChI is InChI=1S/C33H41N7O5S/c34-26(15-16-27(35)36-28(41)23-24-9-3-1-4-10-24)13-7-8-14-29-38-39-33(46-29)37-32(43)31(25-11-5-2-6-12-25)45-30(42)17-18-40-19-21-44-22-20-40/h1-6,9-12,15-16,31H,7-8,13-14,17-23,34-35H2,(H,36,41)(H,37,39,43)/b26-15-,27-16+. The van der Waals surface area contributed by atoms with Crippen LogP contribution in [0.4, 0.5) is 5.13 Å². The van der Waals surface area contributed by atoms with Crippen LogP contribution in [0.2, 0.25) is 0 Å². The maximum Gasteiger partial charge on any atom is 0.308 e. The highest BCUT2D eigenvalue weighted by atomic mass is 32.1. The molecule has 1 saturated heterocycles. The van der Waals surface area contributed by atoms with Crippen molar-refractivity contribution >= 4 is 34.3 Å². The molecule has 0 spiro atoms. The number of aryl methyl sites for hydroxylation is 1. The number of nitrogens with one attached hydrogen (secondary N) is 2. The van der Waals surface area contributed by atoms with Gasteiger partial charge < -0.3 is 26.3 Å². The van der Waals surface area contributed by atoms with Crippen LogP contribution in [0.25, 0.3) is 0 Å². The van der Waals surface area contributed by atoms with Gasteiger partial charge in [0.05, 0.1) is 26.1 Å². The lowest BCUT2D eigenvalue weighted by molar-refractivity contribution is -0.155. The Labute approximate surface area is 272 Å². The number of amides is 2. The summed E-state index contributed by atoms with van der Waals surface area (Å²) in [4.78, 5) is 40.2. The third-order valence-electron chi connectivity index (χ3n) is 7.10. The fourth-order valence-corrected chi connectivity index (χ4v) is 5.44. The predicted molar refractivity (Wildman–Crippen MR) is 176 cm³/mol. The van der Waals surface area contributed by atoms with Gasteiger partial charge in [-0.2, -0.15) is 0 Å². The van der Waals surface area contributed by atoms with Crippen LogP contribution >= 0.6 is 11.3 Å². The number of ether oxygens (including phenoxy) is 2. The third kappa shape index (κ3) is 12.1. The van der Waals surface area contributed by atoms with Crippen LogP contribution in [-0.4, -0.2) is 65.7 Å². The highest BCUT2D eigenvalue weighted by Gasteiger charge is 2.26. The second kappa shape index (κ2) is 18.4. The van der Waals surface area contributed by atoms with E-state index in [1.807, 2.05) is 36.4 Å². The summed E-state index contributed by atoms with van der Waals surface area (Å²) in [5.41, 5.74) is 14.1. The van der Waals surface area contributed by atoms with Gasteiger partial charge in [0.1, 0.15) is 10.8 Å². The first-order valence-corrected chi connectivity index (χ1v) is 16.1. The Morgan fingerprint density at radius 3 is 2.41 bits per heavy atom. The SMILES string of the molecule is N/C(=C\C=C(/N)NC(=O)Cc1ccccc1)CCCCc1nnc(NC(=O)C(OC(=O)CCN2CCOCC2)c2ccccc2)s1. The number of allylic oxidation sites excluding steroid dienone is 3. The molecule has 6 N–H and O–H groups in total. The lowest BCUT2D eigenvalue weighted by atomic mass is 10.1. The lowest BCUT2D eigenvalue weighted by Gasteiger charge is -2.26. The zero-order valence-electron chi connectivity index (χ0n) is 25.7. The normalized spacial score (nSPS) is 14.8. The predicted octanol–water partition coefficient (Wildman–Crippen LogP) is 3.20. The molecule has 13 heteroatoms. The van der Waals surface area contributed by atoms with E-state index in [2.05, 4.69) is 25.7 Å². The largest absolute Gasteiger partial charge is 0.447 e. The number of hydrogen-bond acceptors (Lipinski definition) is 11. The lowest BCUT2D eigenvalue weighted by Crippen LogP contribution is -2.38. The van der Waals surface area contributed by atoms with Crippen LogP contribution < -0.4 is 22.1 Å². The number of benzene rings is 2. The maximum atomic E-state index is 13.2. The molecule has 1 aromatic heterocycles. The second-order valence-electron chi connectivity index (χ2n) is 10.8. The summed E-state index contributed by atoms with van der Waals surface area (Å²) in [6.45, 7) is 3.37. The number of esters is 1. The Morgan fingerprint density at radius 2 is 1.67 bits per heavy atom. The topological polar surface area (TPSA) is 175 Å². The minimum absolute atomic E-state index is 0.175. The van der Waals surface area contributed by atoms with Gasteiger partial charge in [0.2, 0.25) is 17.1 Å². The molecule has 12 nitrogen and oxygen atoms in total. The fraction of sp³-hybridized carbons (Fsp3) is 0.364.